The third kappa shape index (κ3) is 2.64. The summed E-state index contributed by atoms with van der Waals surface area (Å²) in [5.74, 6) is -0.132. The van der Waals surface area contributed by atoms with E-state index in [4.69, 9.17) is 16.2 Å². The Labute approximate surface area is 94.6 Å². The number of halogens is 1. The van der Waals surface area contributed by atoms with Crippen LogP contribution in [0.3, 0.4) is 0 Å². The molecular formula is C12H17FN2O. The topological polar surface area (TPSA) is 61.3 Å². The van der Waals surface area contributed by atoms with E-state index in [0.717, 1.165) is 25.7 Å². The quantitative estimate of drug-likeness (QED) is 0.756. The molecule has 2 atom stereocenters. The molecule has 0 aromatic heterocycles. The largest absolute Gasteiger partial charge is 0.487 e. The lowest BCUT2D eigenvalue weighted by Crippen LogP contribution is -2.33. The second-order valence-electron chi connectivity index (χ2n) is 4.36. The minimum absolute atomic E-state index is 0.0295. The van der Waals surface area contributed by atoms with Crippen molar-refractivity contribution in [3.8, 4) is 5.75 Å². The molecule has 2 unspecified atom stereocenters. The molecule has 0 aliphatic heterocycles. The van der Waals surface area contributed by atoms with Gasteiger partial charge in [-0.3, -0.25) is 0 Å². The number of anilines is 1. The minimum atomic E-state index is -0.404. The van der Waals surface area contributed by atoms with E-state index in [2.05, 4.69) is 0 Å². The van der Waals surface area contributed by atoms with Gasteiger partial charge in [0.25, 0.3) is 0 Å². The minimum Gasteiger partial charge on any atom is -0.487 e. The molecule has 1 aromatic carbocycles. The number of hydrogen-bond acceptors (Lipinski definition) is 3. The predicted molar refractivity (Wildman–Crippen MR) is 61.7 cm³/mol. The molecule has 1 aliphatic rings. The van der Waals surface area contributed by atoms with Crippen LogP contribution >= 0.6 is 0 Å². The normalized spacial score (nSPS) is 25.4. The zero-order chi connectivity index (χ0) is 11.5. The molecule has 1 aromatic rings. The summed E-state index contributed by atoms with van der Waals surface area (Å²) in [5, 5.41) is 0. The van der Waals surface area contributed by atoms with Gasteiger partial charge in [-0.15, -0.1) is 0 Å². The van der Waals surface area contributed by atoms with Crippen molar-refractivity contribution in [1.82, 2.24) is 0 Å². The fourth-order valence-corrected chi connectivity index (χ4v) is 2.08. The number of hydrogen-bond donors (Lipinski definition) is 2. The highest BCUT2D eigenvalue weighted by atomic mass is 19.1. The van der Waals surface area contributed by atoms with Gasteiger partial charge in [-0.1, -0.05) is 0 Å². The maximum absolute atomic E-state index is 13.5. The lowest BCUT2D eigenvalue weighted by Gasteiger charge is -2.27. The van der Waals surface area contributed by atoms with Crippen molar-refractivity contribution in [2.75, 3.05) is 5.73 Å². The third-order valence-corrected chi connectivity index (χ3v) is 2.92. The summed E-state index contributed by atoms with van der Waals surface area (Å²) in [6.45, 7) is 0. The van der Waals surface area contributed by atoms with E-state index in [9.17, 15) is 4.39 Å². The van der Waals surface area contributed by atoms with E-state index in [1.165, 1.54) is 6.07 Å². The highest BCUT2D eigenvalue weighted by Crippen LogP contribution is 2.25. The van der Waals surface area contributed by atoms with Gasteiger partial charge in [0.2, 0.25) is 0 Å². The highest BCUT2D eigenvalue weighted by molar-refractivity contribution is 5.42. The second-order valence-corrected chi connectivity index (χ2v) is 4.36. The Morgan fingerprint density at radius 3 is 2.81 bits per heavy atom. The molecule has 1 saturated carbocycles. The molecule has 0 radical (unpaired) electrons. The molecule has 0 spiro atoms. The van der Waals surface area contributed by atoms with Crippen LogP contribution in [0.5, 0.6) is 5.75 Å². The molecule has 0 saturated heterocycles. The summed E-state index contributed by atoms with van der Waals surface area (Å²) in [4.78, 5) is 0. The van der Waals surface area contributed by atoms with Gasteiger partial charge >= 0.3 is 0 Å². The Morgan fingerprint density at radius 2 is 2.12 bits per heavy atom. The van der Waals surface area contributed by atoms with Crippen LogP contribution < -0.4 is 16.2 Å². The fourth-order valence-electron chi connectivity index (χ4n) is 2.08. The van der Waals surface area contributed by atoms with E-state index in [1.807, 2.05) is 0 Å². The van der Waals surface area contributed by atoms with Gasteiger partial charge in [-0.25, -0.2) is 4.39 Å². The van der Waals surface area contributed by atoms with Crippen molar-refractivity contribution in [2.24, 2.45) is 5.73 Å². The molecule has 4 heteroatoms. The summed E-state index contributed by atoms with van der Waals surface area (Å²) in [7, 11) is 0. The summed E-state index contributed by atoms with van der Waals surface area (Å²) in [6.07, 6.45) is 3.84. The van der Waals surface area contributed by atoms with Gasteiger partial charge in [-0.2, -0.15) is 0 Å². The Balaban J connectivity index is 2.02. The van der Waals surface area contributed by atoms with Gasteiger partial charge in [0, 0.05) is 17.8 Å². The van der Waals surface area contributed by atoms with Gasteiger partial charge in [-0.05, 0) is 37.8 Å². The monoisotopic (exact) mass is 224 g/mol. The van der Waals surface area contributed by atoms with Crippen LogP contribution in [0.25, 0.3) is 0 Å². The maximum Gasteiger partial charge on any atom is 0.167 e. The van der Waals surface area contributed by atoms with Crippen LogP contribution in [-0.4, -0.2) is 12.1 Å². The zero-order valence-electron chi connectivity index (χ0n) is 9.16. The van der Waals surface area contributed by atoms with Crippen LogP contribution in [0.15, 0.2) is 18.2 Å². The first kappa shape index (κ1) is 11.2. The first-order valence-corrected chi connectivity index (χ1v) is 5.62. The molecule has 2 rings (SSSR count). The van der Waals surface area contributed by atoms with Crippen LogP contribution in [0.4, 0.5) is 10.1 Å². The first-order chi connectivity index (χ1) is 7.65. The van der Waals surface area contributed by atoms with Crippen LogP contribution in [0, 0.1) is 5.82 Å². The number of nitrogens with two attached hydrogens (primary N) is 2. The lowest BCUT2D eigenvalue weighted by molar-refractivity contribution is 0.139. The average molecular weight is 224 g/mol. The van der Waals surface area contributed by atoms with Crippen LogP contribution in [0.2, 0.25) is 0 Å². The smallest absolute Gasteiger partial charge is 0.167 e. The zero-order valence-corrected chi connectivity index (χ0v) is 9.16. The van der Waals surface area contributed by atoms with E-state index in [1.54, 1.807) is 12.1 Å². The van der Waals surface area contributed by atoms with E-state index >= 15 is 0 Å². The predicted octanol–water partition coefficient (Wildman–Crippen LogP) is 2.06. The SMILES string of the molecule is Nc1ccc(OC2CCCC(N)C2)c(F)c1. The summed E-state index contributed by atoms with van der Waals surface area (Å²) >= 11 is 0. The Hall–Kier alpha value is -1.29. The molecule has 16 heavy (non-hydrogen) atoms. The molecule has 1 fully saturated rings. The molecule has 4 N–H and O–H groups in total. The molecule has 1 aliphatic carbocycles. The third-order valence-electron chi connectivity index (χ3n) is 2.92. The van der Waals surface area contributed by atoms with Gasteiger partial charge < -0.3 is 16.2 Å². The van der Waals surface area contributed by atoms with Crippen LogP contribution in [-0.2, 0) is 0 Å². The maximum atomic E-state index is 13.5. The Kier molecular flexibility index (Phi) is 3.29. The number of benzene rings is 1. The lowest BCUT2D eigenvalue weighted by atomic mass is 9.93. The molecule has 3 nitrogen and oxygen atoms in total. The molecular weight excluding hydrogens is 207 g/mol. The standard InChI is InChI=1S/C12H17FN2O/c13-11-7-9(15)4-5-12(11)16-10-3-1-2-8(14)6-10/h4-5,7-8,10H,1-3,6,14-15H2. The van der Waals surface area contributed by atoms with Crippen molar-refractivity contribution in [2.45, 2.75) is 37.8 Å². The van der Waals surface area contributed by atoms with E-state index in [-0.39, 0.29) is 17.9 Å². The Morgan fingerprint density at radius 1 is 1.31 bits per heavy atom. The van der Waals surface area contributed by atoms with Crippen molar-refractivity contribution in [3.05, 3.63) is 24.0 Å². The van der Waals surface area contributed by atoms with Crippen molar-refractivity contribution in [3.63, 3.8) is 0 Å². The van der Waals surface area contributed by atoms with Crippen LogP contribution in [0.1, 0.15) is 25.7 Å². The van der Waals surface area contributed by atoms with Crippen molar-refractivity contribution >= 4 is 5.69 Å². The first-order valence-electron chi connectivity index (χ1n) is 5.62. The molecule has 88 valence electrons. The highest BCUT2D eigenvalue weighted by Gasteiger charge is 2.21. The van der Waals surface area contributed by atoms with Gasteiger partial charge in [0.05, 0.1) is 0 Å². The fraction of sp³-hybridized carbons (Fsp3) is 0.500. The summed E-state index contributed by atoms with van der Waals surface area (Å²) < 4.78 is 19.1. The van der Waals surface area contributed by atoms with E-state index in [0.29, 0.717) is 5.69 Å². The van der Waals surface area contributed by atoms with Crippen molar-refractivity contribution in [1.29, 1.82) is 0 Å². The second kappa shape index (κ2) is 4.70. The number of rotatable bonds is 2. The molecule has 0 bridgehead atoms. The van der Waals surface area contributed by atoms with Crippen molar-refractivity contribution < 1.29 is 9.13 Å². The molecule has 0 heterocycles. The number of ether oxygens (including phenoxy) is 1. The summed E-state index contributed by atoms with van der Waals surface area (Å²) in [5.41, 5.74) is 11.7. The average Bonchev–Trinajstić information content (AvgIpc) is 2.22. The molecule has 0 amide bonds. The van der Waals surface area contributed by atoms with Gasteiger partial charge in [0.15, 0.2) is 11.6 Å². The number of nitrogen functional groups attached to an aromatic ring is 1. The Bertz CT molecular complexity index is 370. The van der Waals surface area contributed by atoms with Gasteiger partial charge in [0.1, 0.15) is 6.10 Å². The summed E-state index contributed by atoms with van der Waals surface area (Å²) in [6, 6.07) is 4.67. The van der Waals surface area contributed by atoms with E-state index < -0.39 is 5.82 Å².